The third-order valence-corrected chi connectivity index (χ3v) is 1.46. The summed E-state index contributed by atoms with van der Waals surface area (Å²) in [5, 5.41) is 8.59. The van der Waals surface area contributed by atoms with E-state index in [9.17, 15) is 19.2 Å². The van der Waals surface area contributed by atoms with E-state index in [-0.39, 0.29) is 0 Å². The van der Waals surface area contributed by atoms with E-state index in [2.05, 4.69) is 14.5 Å². The lowest BCUT2D eigenvalue weighted by molar-refractivity contribution is -0.256. The first-order valence-electron chi connectivity index (χ1n) is 4.02. The Labute approximate surface area is 88.3 Å². The molecule has 1 unspecified atom stereocenters. The molecule has 8 heteroatoms. The maximum Gasteiger partial charge on any atom is 0.379 e. The normalized spacial score (nSPS) is 23.8. The van der Waals surface area contributed by atoms with E-state index in [1.807, 2.05) is 0 Å². The first-order valence-corrected chi connectivity index (χ1v) is 4.02. The fraction of sp³-hybridized carbons (Fsp3) is 0.250. The minimum atomic E-state index is -1.68. The van der Waals surface area contributed by atoms with Crippen LogP contribution in [0, 0.1) is 0 Å². The molecule has 0 bridgehead atoms. The van der Waals surface area contributed by atoms with Crippen LogP contribution in [0.25, 0.3) is 0 Å². The van der Waals surface area contributed by atoms with Crippen LogP contribution in [0.15, 0.2) is 12.2 Å². The van der Waals surface area contributed by atoms with Crippen molar-refractivity contribution >= 4 is 23.9 Å². The molecule has 0 fully saturated rings. The molecular weight excluding hydrogens is 224 g/mol. The molecule has 0 saturated heterocycles. The number of carbonyl (C=O) groups is 4. The van der Waals surface area contributed by atoms with Gasteiger partial charge in [-0.15, -0.1) is 0 Å². The highest BCUT2D eigenvalue weighted by molar-refractivity contribution is 5.93. The van der Waals surface area contributed by atoms with E-state index in [0.29, 0.717) is 12.2 Å². The number of aliphatic carboxylic acids is 1. The molecule has 16 heavy (non-hydrogen) atoms. The van der Waals surface area contributed by atoms with E-state index in [0.717, 1.165) is 0 Å². The average Bonchev–Trinajstić information content (AvgIpc) is 2.21. The number of hydrogen-bond acceptors (Lipinski definition) is 7. The van der Waals surface area contributed by atoms with Crippen molar-refractivity contribution < 1.29 is 38.8 Å². The van der Waals surface area contributed by atoms with Crippen LogP contribution in [-0.2, 0) is 33.7 Å². The molecule has 0 aromatic heterocycles. The van der Waals surface area contributed by atoms with Gasteiger partial charge in [0.1, 0.15) is 0 Å². The summed E-state index contributed by atoms with van der Waals surface area (Å²) < 4.78 is 4.37. The SMILES string of the molecule is O=C1/C=C/C(=O)OC(C(=O)O)CC(=O)OO1. The maximum atomic E-state index is 10.9. The Balaban J connectivity index is 2.83. The number of ether oxygens (including phenoxy) is 1. The molecule has 86 valence electrons. The van der Waals surface area contributed by atoms with Crippen molar-refractivity contribution in [2.24, 2.45) is 0 Å². The summed E-state index contributed by atoms with van der Waals surface area (Å²) in [6.45, 7) is 0. The number of hydrogen-bond donors (Lipinski definition) is 1. The van der Waals surface area contributed by atoms with E-state index >= 15 is 0 Å². The minimum Gasteiger partial charge on any atom is -0.478 e. The van der Waals surface area contributed by atoms with Crippen molar-refractivity contribution in [3.8, 4) is 0 Å². The molecular formula is C8H6O8. The van der Waals surface area contributed by atoms with Crippen molar-refractivity contribution in [3.63, 3.8) is 0 Å². The van der Waals surface area contributed by atoms with Gasteiger partial charge in [-0.2, -0.15) is 0 Å². The summed E-state index contributed by atoms with van der Waals surface area (Å²) in [5.74, 6) is -4.80. The molecule has 0 aromatic rings. The van der Waals surface area contributed by atoms with Gasteiger partial charge in [-0.05, 0) is 0 Å². The summed E-state index contributed by atoms with van der Waals surface area (Å²) in [5.41, 5.74) is 0. The first kappa shape index (κ1) is 11.7. The summed E-state index contributed by atoms with van der Waals surface area (Å²) in [6.07, 6.45) is -1.12. The zero-order valence-corrected chi connectivity index (χ0v) is 7.74. The highest BCUT2D eigenvalue weighted by Gasteiger charge is 2.27. The van der Waals surface area contributed by atoms with Gasteiger partial charge >= 0.3 is 23.9 Å². The standard InChI is InChI=1S/C8H6O8/c9-5-1-2-6(10)15-16-7(11)3-4(14-5)8(12)13/h1-2,4H,3H2,(H,12,13)/b2-1+. The zero-order valence-electron chi connectivity index (χ0n) is 7.74. The Morgan fingerprint density at radius 1 is 1.19 bits per heavy atom. The highest BCUT2D eigenvalue weighted by atomic mass is 17.2. The van der Waals surface area contributed by atoms with Gasteiger partial charge in [-0.1, -0.05) is 0 Å². The first-order chi connectivity index (χ1) is 7.49. The van der Waals surface area contributed by atoms with Gasteiger partial charge in [0, 0.05) is 12.2 Å². The lowest BCUT2D eigenvalue weighted by Crippen LogP contribution is -2.30. The van der Waals surface area contributed by atoms with Gasteiger partial charge in [0.15, 0.2) is 0 Å². The Bertz CT molecular complexity index is 368. The largest absolute Gasteiger partial charge is 0.478 e. The Kier molecular flexibility index (Phi) is 3.59. The number of carbonyl (C=O) groups excluding carboxylic acids is 3. The third-order valence-electron chi connectivity index (χ3n) is 1.46. The van der Waals surface area contributed by atoms with Crippen molar-refractivity contribution in [1.82, 2.24) is 0 Å². The van der Waals surface area contributed by atoms with Gasteiger partial charge in [0.25, 0.3) is 0 Å². The van der Waals surface area contributed by atoms with Gasteiger partial charge < -0.3 is 9.84 Å². The predicted octanol–water partition coefficient (Wildman–Crippen LogP) is -1.06. The Morgan fingerprint density at radius 3 is 2.44 bits per heavy atom. The van der Waals surface area contributed by atoms with Crippen LogP contribution >= 0.6 is 0 Å². The molecule has 0 aliphatic carbocycles. The monoisotopic (exact) mass is 230 g/mol. The fourth-order valence-electron chi connectivity index (χ4n) is 0.796. The molecule has 8 nitrogen and oxygen atoms in total. The molecule has 0 aromatic carbocycles. The van der Waals surface area contributed by atoms with Gasteiger partial charge in [0.05, 0.1) is 6.42 Å². The average molecular weight is 230 g/mol. The van der Waals surface area contributed by atoms with Crippen LogP contribution in [0.4, 0.5) is 0 Å². The molecule has 1 atom stereocenters. The van der Waals surface area contributed by atoms with Crippen LogP contribution in [0.3, 0.4) is 0 Å². The number of esters is 1. The molecule has 1 aliphatic heterocycles. The summed E-state index contributed by atoms with van der Waals surface area (Å²) in [4.78, 5) is 51.0. The second-order valence-electron chi connectivity index (χ2n) is 2.66. The third kappa shape index (κ3) is 3.40. The second-order valence-corrected chi connectivity index (χ2v) is 2.66. The molecule has 1 aliphatic rings. The van der Waals surface area contributed by atoms with Crippen molar-refractivity contribution in [1.29, 1.82) is 0 Å². The van der Waals surface area contributed by atoms with Crippen molar-refractivity contribution in [2.75, 3.05) is 0 Å². The molecule has 0 amide bonds. The predicted molar refractivity (Wildman–Crippen MR) is 43.5 cm³/mol. The van der Waals surface area contributed by atoms with Crippen molar-refractivity contribution in [3.05, 3.63) is 12.2 Å². The van der Waals surface area contributed by atoms with Crippen LogP contribution in [0.1, 0.15) is 6.42 Å². The summed E-state index contributed by atoms with van der Waals surface area (Å²) in [7, 11) is 0. The summed E-state index contributed by atoms with van der Waals surface area (Å²) >= 11 is 0. The van der Waals surface area contributed by atoms with Gasteiger partial charge in [0.2, 0.25) is 6.10 Å². The number of rotatable bonds is 1. The zero-order chi connectivity index (χ0) is 12.1. The Hall–Kier alpha value is -2.38. The van der Waals surface area contributed by atoms with E-state index < -0.39 is 36.4 Å². The molecule has 0 spiro atoms. The Morgan fingerprint density at radius 2 is 1.81 bits per heavy atom. The fourth-order valence-corrected chi connectivity index (χ4v) is 0.796. The van der Waals surface area contributed by atoms with Crippen LogP contribution in [0.2, 0.25) is 0 Å². The lowest BCUT2D eigenvalue weighted by Gasteiger charge is -2.11. The van der Waals surface area contributed by atoms with Crippen LogP contribution in [-0.4, -0.2) is 35.1 Å². The van der Waals surface area contributed by atoms with E-state index in [1.54, 1.807) is 0 Å². The van der Waals surface area contributed by atoms with E-state index in [1.165, 1.54) is 0 Å². The second kappa shape index (κ2) is 4.91. The van der Waals surface area contributed by atoms with Gasteiger partial charge in [-0.25, -0.2) is 29.0 Å². The molecule has 1 heterocycles. The van der Waals surface area contributed by atoms with Crippen LogP contribution < -0.4 is 0 Å². The number of cyclic esters (lactones) is 1. The van der Waals surface area contributed by atoms with Crippen LogP contribution in [0.5, 0.6) is 0 Å². The number of carboxylic acids is 1. The molecule has 0 radical (unpaired) electrons. The topological polar surface area (TPSA) is 116 Å². The quantitative estimate of drug-likeness (QED) is 0.447. The molecule has 0 saturated carbocycles. The minimum absolute atomic E-state index is 0.639. The van der Waals surface area contributed by atoms with E-state index in [4.69, 9.17) is 5.11 Å². The highest BCUT2D eigenvalue weighted by Crippen LogP contribution is 2.04. The smallest absolute Gasteiger partial charge is 0.379 e. The molecule has 1 N–H and O–H groups in total. The van der Waals surface area contributed by atoms with Crippen molar-refractivity contribution in [2.45, 2.75) is 12.5 Å². The van der Waals surface area contributed by atoms with Gasteiger partial charge in [-0.3, -0.25) is 0 Å². The summed E-state index contributed by atoms with van der Waals surface area (Å²) in [6, 6.07) is 0. The maximum absolute atomic E-state index is 10.9. The molecule has 1 rings (SSSR count). The lowest BCUT2D eigenvalue weighted by atomic mass is 10.2. The number of carboxylic acid groups (broad SMARTS) is 1.